The smallest absolute Gasteiger partial charge is 0.306 e. The van der Waals surface area contributed by atoms with E-state index in [1.807, 2.05) is 20.8 Å². The summed E-state index contributed by atoms with van der Waals surface area (Å²) >= 11 is 0. The number of rotatable bonds is 7. The molecule has 8 heteroatoms. The van der Waals surface area contributed by atoms with E-state index in [0.717, 1.165) is 12.8 Å². The van der Waals surface area contributed by atoms with Crippen LogP contribution in [0.4, 0.5) is 0 Å². The van der Waals surface area contributed by atoms with Crippen molar-refractivity contribution in [2.75, 3.05) is 0 Å². The van der Waals surface area contributed by atoms with Crippen molar-refractivity contribution in [3.05, 3.63) is 0 Å². The molecule has 8 nitrogen and oxygen atoms in total. The fourth-order valence-electron chi connectivity index (χ4n) is 9.83. The van der Waals surface area contributed by atoms with Gasteiger partial charge in [-0.15, -0.1) is 0 Å². The van der Waals surface area contributed by atoms with Crippen LogP contribution in [-0.4, -0.2) is 53.2 Å². The largest absolute Gasteiger partial charge is 0.463 e. The van der Waals surface area contributed by atoms with Gasteiger partial charge in [-0.1, -0.05) is 27.7 Å². The first kappa shape index (κ1) is 31.0. The fraction of sp³-hybridized carbons (Fsp3) is 0.875. The first-order valence-electron chi connectivity index (χ1n) is 15.4. The Kier molecular flexibility index (Phi) is 8.81. The number of Topliss-reactive ketones (excluding diaryl/α,β-unsaturated/α-hetero) is 1. The van der Waals surface area contributed by atoms with Gasteiger partial charge in [0.05, 0.1) is 12.2 Å². The highest BCUT2D eigenvalue weighted by Gasteiger charge is 2.69. The van der Waals surface area contributed by atoms with Crippen LogP contribution < -0.4 is 0 Å². The van der Waals surface area contributed by atoms with Gasteiger partial charge in [0.1, 0.15) is 18.0 Å². The predicted octanol–water partition coefficient (Wildman–Crippen LogP) is 4.88. The second-order valence-electron chi connectivity index (χ2n) is 14.1. The summed E-state index contributed by atoms with van der Waals surface area (Å²) in [5.41, 5.74) is -0.935. The molecule has 0 radical (unpaired) electrons. The summed E-state index contributed by atoms with van der Waals surface area (Å²) in [6.45, 7) is 14.9. The minimum absolute atomic E-state index is 0.0138. The lowest BCUT2D eigenvalue weighted by Gasteiger charge is -2.65. The molecule has 40 heavy (non-hydrogen) atoms. The third-order valence-electron chi connectivity index (χ3n) is 11.7. The van der Waals surface area contributed by atoms with Gasteiger partial charge >= 0.3 is 17.9 Å². The summed E-state index contributed by atoms with van der Waals surface area (Å²) < 4.78 is 17.6. The lowest BCUT2D eigenvalue weighted by Crippen LogP contribution is -2.67. The Balaban J connectivity index is 1.72. The fourth-order valence-corrected chi connectivity index (χ4v) is 9.83. The van der Waals surface area contributed by atoms with Crippen LogP contribution in [0.25, 0.3) is 0 Å². The zero-order valence-corrected chi connectivity index (χ0v) is 25.6. The van der Waals surface area contributed by atoms with Crippen molar-refractivity contribution in [1.29, 1.82) is 0 Å². The van der Waals surface area contributed by atoms with Crippen LogP contribution in [0.5, 0.6) is 0 Å². The lowest BCUT2D eigenvalue weighted by atomic mass is 9.41. The minimum atomic E-state index is -0.810. The Bertz CT molecular complexity index is 1010. The Hall–Kier alpha value is -1.96. The van der Waals surface area contributed by atoms with Crippen molar-refractivity contribution < 1.29 is 38.5 Å². The molecule has 226 valence electrons. The molecule has 2 unspecified atom stereocenters. The molecule has 4 saturated carbocycles. The van der Waals surface area contributed by atoms with E-state index in [-0.39, 0.29) is 82.9 Å². The van der Waals surface area contributed by atoms with Gasteiger partial charge in [-0.05, 0) is 75.5 Å². The summed E-state index contributed by atoms with van der Waals surface area (Å²) in [6, 6.07) is 0. The van der Waals surface area contributed by atoms with Crippen LogP contribution >= 0.6 is 0 Å². The number of carbonyl (C=O) groups is 4. The molecule has 4 fully saturated rings. The average Bonchev–Trinajstić information content (AvgIpc) is 3.20. The average molecular weight is 563 g/mol. The molecule has 4 rings (SSSR count). The summed E-state index contributed by atoms with van der Waals surface area (Å²) in [7, 11) is 0. The van der Waals surface area contributed by atoms with Gasteiger partial charge in [-0.2, -0.15) is 0 Å². The molecule has 0 bridgehead atoms. The minimum Gasteiger partial charge on any atom is -0.463 e. The number of esters is 3. The van der Waals surface area contributed by atoms with Crippen LogP contribution in [0, 0.1) is 52.3 Å². The van der Waals surface area contributed by atoms with E-state index in [4.69, 9.17) is 14.2 Å². The molecule has 0 saturated heterocycles. The topological polar surface area (TPSA) is 116 Å². The highest BCUT2D eigenvalue weighted by Crippen LogP contribution is 2.69. The Morgan fingerprint density at radius 1 is 0.975 bits per heavy atom. The van der Waals surface area contributed by atoms with E-state index >= 15 is 0 Å². The molecule has 1 N–H and O–H groups in total. The monoisotopic (exact) mass is 562 g/mol. The lowest BCUT2D eigenvalue weighted by molar-refractivity contribution is -0.239. The Labute approximate surface area is 239 Å². The second-order valence-corrected chi connectivity index (χ2v) is 14.1. The standard InChI is InChI=1S/C32H50O8/c1-16(2)38-28(36)12-9-17(3)22-10-11-23-29-24(15-27(32(22,23)8)40-20(6)34)31(7)21(14-26(29)39-19(5)33)13-25(35)18(4)30(31)37/h16-18,21-24,26-27,29-30,37H,9-15H2,1-8H3/t17-,18+,21+,22-,23+,24?,26-,27+,29?,30-,31+,32-/m1/s1. The summed E-state index contributed by atoms with van der Waals surface area (Å²) in [5.74, 6) is -0.960. The van der Waals surface area contributed by atoms with Crippen LogP contribution in [0.3, 0.4) is 0 Å². The number of ether oxygens (including phenoxy) is 3. The van der Waals surface area contributed by atoms with Crippen molar-refractivity contribution in [3.8, 4) is 0 Å². The molecule has 4 aliphatic rings. The normalized spacial score (nSPS) is 43.2. The van der Waals surface area contributed by atoms with Gasteiger partial charge in [0, 0.05) is 49.4 Å². The summed E-state index contributed by atoms with van der Waals surface area (Å²) in [5, 5.41) is 11.6. The van der Waals surface area contributed by atoms with Crippen LogP contribution in [0.1, 0.15) is 100 Å². The van der Waals surface area contributed by atoms with E-state index < -0.39 is 17.4 Å². The van der Waals surface area contributed by atoms with E-state index in [1.165, 1.54) is 13.8 Å². The number of aliphatic hydroxyl groups excluding tert-OH is 1. The molecular weight excluding hydrogens is 512 g/mol. The predicted molar refractivity (Wildman–Crippen MR) is 148 cm³/mol. The molecular formula is C32H50O8. The molecule has 0 heterocycles. The van der Waals surface area contributed by atoms with Gasteiger partial charge in [0.15, 0.2) is 0 Å². The zero-order valence-electron chi connectivity index (χ0n) is 25.6. The maximum Gasteiger partial charge on any atom is 0.306 e. The number of aliphatic hydroxyl groups is 1. The van der Waals surface area contributed by atoms with Gasteiger partial charge in [0.25, 0.3) is 0 Å². The molecule has 0 aromatic carbocycles. The SMILES string of the molecule is CC(=O)O[C@H]1CC2C([C@H](OC(C)=O)C[C@@H]3CC(=O)[C@H](C)[C@@H](O)[C@]23C)[C@@H]2CC[C@H]([C@H](C)CCC(=O)OC(C)C)[C@@]12C. The first-order chi connectivity index (χ1) is 18.6. The maximum absolute atomic E-state index is 12.9. The molecule has 0 aliphatic heterocycles. The van der Waals surface area contributed by atoms with Crippen LogP contribution in [0.2, 0.25) is 0 Å². The quantitative estimate of drug-likeness (QED) is 0.345. The number of fused-ring (bicyclic) bond motifs is 5. The van der Waals surface area contributed by atoms with Gasteiger partial charge in [-0.25, -0.2) is 0 Å². The first-order valence-corrected chi connectivity index (χ1v) is 15.4. The van der Waals surface area contributed by atoms with Gasteiger partial charge < -0.3 is 19.3 Å². The van der Waals surface area contributed by atoms with Crippen molar-refractivity contribution >= 4 is 23.7 Å². The molecule has 0 aromatic heterocycles. The molecule has 0 spiro atoms. The van der Waals surface area contributed by atoms with E-state index in [9.17, 15) is 24.3 Å². The summed E-state index contributed by atoms with van der Waals surface area (Å²) in [6.07, 6.45) is 2.63. The number of carbonyl (C=O) groups excluding carboxylic acids is 4. The van der Waals surface area contributed by atoms with Gasteiger partial charge in [-0.3, -0.25) is 19.2 Å². The third-order valence-corrected chi connectivity index (χ3v) is 11.7. The zero-order chi connectivity index (χ0) is 29.7. The Morgan fingerprint density at radius 3 is 2.23 bits per heavy atom. The van der Waals surface area contributed by atoms with Crippen molar-refractivity contribution in [2.24, 2.45) is 52.3 Å². The molecule has 4 aliphatic carbocycles. The maximum atomic E-state index is 12.9. The van der Waals surface area contributed by atoms with Crippen molar-refractivity contribution in [2.45, 2.75) is 125 Å². The van der Waals surface area contributed by atoms with Crippen molar-refractivity contribution in [1.82, 2.24) is 0 Å². The second kappa shape index (κ2) is 11.4. The number of hydrogen-bond acceptors (Lipinski definition) is 8. The number of ketones is 1. The third kappa shape index (κ3) is 5.22. The molecule has 12 atom stereocenters. The Morgan fingerprint density at radius 2 is 1.62 bits per heavy atom. The summed E-state index contributed by atoms with van der Waals surface area (Å²) in [4.78, 5) is 50.0. The molecule has 0 amide bonds. The van der Waals surface area contributed by atoms with E-state index in [2.05, 4.69) is 20.8 Å². The molecule has 0 aromatic rings. The number of hydrogen-bond donors (Lipinski definition) is 1. The highest BCUT2D eigenvalue weighted by molar-refractivity contribution is 5.83. The van der Waals surface area contributed by atoms with Crippen LogP contribution in [0.15, 0.2) is 0 Å². The van der Waals surface area contributed by atoms with Crippen LogP contribution in [-0.2, 0) is 33.4 Å². The van der Waals surface area contributed by atoms with Crippen molar-refractivity contribution in [3.63, 3.8) is 0 Å². The van der Waals surface area contributed by atoms with E-state index in [1.54, 1.807) is 0 Å². The van der Waals surface area contributed by atoms with E-state index in [0.29, 0.717) is 32.1 Å². The highest BCUT2D eigenvalue weighted by atomic mass is 16.6. The van der Waals surface area contributed by atoms with Gasteiger partial charge in [0.2, 0.25) is 0 Å².